The number of rotatable bonds is 3. The van der Waals surface area contributed by atoms with Crippen molar-refractivity contribution in [3.05, 3.63) is 0 Å². The molecule has 1 unspecified atom stereocenters. The highest BCUT2D eigenvalue weighted by Crippen LogP contribution is 2.58. The lowest BCUT2D eigenvalue weighted by atomic mass is 10.2. The molecule has 2 rings (SSSR count). The average Bonchev–Trinajstić information content (AvgIpc) is 2.46. The van der Waals surface area contributed by atoms with Crippen molar-refractivity contribution in [2.24, 2.45) is 11.8 Å². The molecule has 0 amide bonds. The van der Waals surface area contributed by atoms with Gasteiger partial charge in [-0.15, -0.1) is 0 Å². The Morgan fingerprint density at radius 1 is 1.60 bits per heavy atom. The summed E-state index contributed by atoms with van der Waals surface area (Å²) in [6.07, 6.45) is 4.42. The van der Waals surface area contributed by atoms with E-state index < -0.39 is 0 Å². The Hall–Kier alpha value is 0.0200. The summed E-state index contributed by atoms with van der Waals surface area (Å²) >= 11 is 2.11. The molecule has 10 heavy (non-hydrogen) atoms. The first-order valence-electron chi connectivity index (χ1n) is 3.98. The number of carbonyl (C=O) groups excluding carboxylic acids is 1. The number of fused-ring (bicyclic) bond motifs is 1. The summed E-state index contributed by atoms with van der Waals surface area (Å²) in [5.74, 6) is 3.29. The molecule has 2 heteroatoms. The molecule has 0 aromatic heterocycles. The van der Waals surface area contributed by atoms with Crippen LogP contribution in [0.3, 0.4) is 0 Å². The van der Waals surface area contributed by atoms with Gasteiger partial charge in [-0.1, -0.05) is 0 Å². The molecule has 0 N–H and O–H groups in total. The van der Waals surface area contributed by atoms with Gasteiger partial charge in [0, 0.05) is 11.7 Å². The quantitative estimate of drug-likeness (QED) is 0.579. The standard InChI is InChI=1S/C8H12OS/c9-4-1-2-6-7-3-5-10-8(6)7/h4,6-8H,1-3,5H2/t6?,7-,8+/m1/s1. The van der Waals surface area contributed by atoms with Crippen LogP contribution in [0.15, 0.2) is 0 Å². The highest BCUT2D eigenvalue weighted by atomic mass is 32.2. The molecule has 1 heterocycles. The predicted molar refractivity (Wildman–Crippen MR) is 43.1 cm³/mol. The van der Waals surface area contributed by atoms with Gasteiger partial charge >= 0.3 is 0 Å². The van der Waals surface area contributed by atoms with Crippen molar-refractivity contribution in [2.45, 2.75) is 24.5 Å². The second-order valence-corrected chi connectivity index (χ2v) is 4.48. The van der Waals surface area contributed by atoms with Crippen molar-refractivity contribution >= 4 is 18.0 Å². The van der Waals surface area contributed by atoms with Crippen LogP contribution in [0, 0.1) is 11.8 Å². The van der Waals surface area contributed by atoms with Crippen LogP contribution in [0.4, 0.5) is 0 Å². The lowest BCUT2D eigenvalue weighted by Crippen LogP contribution is -1.89. The van der Waals surface area contributed by atoms with Gasteiger partial charge in [-0.2, -0.15) is 11.8 Å². The van der Waals surface area contributed by atoms with Crippen molar-refractivity contribution < 1.29 is 4.79 Å². The van der Waals surface area contributed by atoms with Gasteiger partial charge in [-0.3, -0.25) is 0 Å². The second kappa shape index (κ2) is 2.57. The topological polar surface area (TPSA) is 17.1 Å². The zero-order valence-electron chi connectivity index (χ0n) is 5.95. The maximum absolute atomic E-state index is 10.0. The van der Waals surface area contributed by atoms with Crippen molar-refractivity contribution in [1.29, 1.82) is 0 Å². The minimum Gasteiger partial charge on any atom is -0.303 e. The number of carbonyl (C=O) groups is 1. The Kier molecular flexibility index (Phi) is 1.73. The molecule has 0 bridgehead atoms. The molecule has 1 nitrogen and oxygen atoms in total. The Bertz CT molecular complexity index is 136. The molecule has 1 saturated carbocycles. The van der Waals surface area contributed by atoms with Crippen LogP contribution in [0.5, 0.6) is 0 Å². The molecule has 0 spiro atoms. The Morgan fingerprint density at radius 2 is 2.50 bits per heavy atom. The van der Waals surface area contributed by atoms with E-state index in [0.717, 1.165) is 36.2 Å². The summed E-state index contributed by atoms with van der Waals surface area (Å²) in [5.41, 5.74) is 0. The molecule has 2 fully saturated rings. The zero-order chi connectivity index (χ0) is 6.97. The van der Waals surface area contributed by atoms with Crippen LogP contribution >= 0.6 is 11.8 Å². The molecule has 3 atom stereocenters. The van der Waals surface area contributed by atoms with Crippen molar-refractivity contribution in [3.8, 4) is 0 Å². The summed E-state index contributed by atoms with van der Waals surface area (Å²) < 4.78 is 0. The third-order valence-corrected chi connectivity index (χ3v) is 4.19. The van der Waals surface area contributed by atoms with Crippen LogP contribution in [0.2, 0.25) is 0 Å². The number of thioether (sulfide) groups is 1. The summed E-state index contributed by atoms with van der Waals surface area (Å²) in [6, 6.07) is 0. The Balaban J connectivity index is 1.74. The first-order valence-corrected chi connectivity index (χ1v) is 5.03. The zero-order valence-corrected chi connectivity index (χ0v) is 6.77. The highest BCUT2D eigenvalue weighted by molar-refractivity contribution is 8.00. The molecule has 0 aromatic carbocycles. The number of hydrogen-bond acceptors (Lipinski definition) is 2. The smallest absolute Gasteiger partial charge is 0.120 e. The molecular formula is C8H12OS. The molecule has 56 valence electrons. The average molecular weight is 156 g/mol. The number of hydrogen-bond donors (Lipinski definition) is 0. The SMILES string of the molecule is O=CCCC1[C@H]2CCS[C@@H]12. The fraction of sp³-hybridized carbons (Fsp3) is 0.875. The number of aldehydes is 1. The van der Waals surface area contributed by atoms with Crippen molar-refractivity contribution in [1.82, 2.24) is 0 Å². The largest absolute Gasteiger partial charge is 0.303 e. The Labute approximate surface area is 65.6 Å². The Morgan fingerprint density at radius 3 is 3.10 bits per heavy atom. The van der Waals surface area contributed by atoms with Gasteiger partial charge in [0.15, 0.2) is 0 Å². The van der Waals surface area contributed by atoms with Gasteiger partial charge in [0.05, 0.1) is 0 Å². The maximum atomic E-state index is 10.0. The molecule has 1 saturated heterocycles. The lowest BCUT2D eigenvalue weighted by Gasteiger charge is -1.97. The summed E-state index contributed by atoms with van der Waals surface area (Å²) in [5, 5.41) is 0.958. The maximum Gasteiger partial charge on any atom is 0.120 e. The van der Waals surface area contributed by atoms with Crippen LogP contribution in [0.1, 0.15) is 19.3 Å². The summed E-state index contributed by atoms with van der Waals surface area (Å²) in [6.45, 7) is 0. The van der Waals surface area contributed by atoms with Gasteiger partial charge in [0.2, 0.25) is 0 Å². The monoisotopic (exact) mass is 156 g/mol. The fourth-order valence-electron chi connectivity index (χ4n) is 2.01. The van der Waals surface area contributed by atoms with E-state index in [9.17, 15) is 4.79 Å². The van der Waals surface area contributed by atoms with Gasteiger partial charge in [0.1, 0.15) is 6.29 Å². The van der Waals surface area contributed by atoms with Gasteiger partial charge in [-0.25, -0.2) is 0 Å². The van der Waals surface area contributed by atoms with E-state index in [4.69, 9.17) is 0 Å². The van der Waals surface area contributed by atoms with Gasteiger partial charge < -0.3 is 4.79 Å². The second-order valence-electron chi connectivity index (χ2n) is 3.20. The van der Waals surface area contributed by atoms with Gasteiger partial charge in [-0.05, 0) is 30.4 Å². The van der Waals surface area contributed by atoms with E-state index in [1.807, 2.05) is 0 Å². The summed E-state index contributed by atoms with van der Waals surface area (Å²) in [4.78, 5) is 10.0. The van der Waals surface area contributed by atoms with E-state index in [2.05, 4.69) is 11.8 Å². The minimum absolute atomic E-state index is 0.790. The van der Waals surface area contributed by atoms with E-state index >= 15 is 0 Å². The molecule has 1 aliphatic carbocycles. The van der Waals surface area contributed by atoms with E-state index in [1.54, 1.807) is 0 Å². The van der Waals surface area contributed by atoms with Crippen LogP contribution in [-0.4, -0.2) is 17.3 Å². The third kappa shape index (κ3) is 0.986. The van der Waals surface area contributed by atoms with E-state index in [1.165, 1.54) is 12.2 Å². The van der Waals surface area contributed by atoms with Crippen molar-refractivity contribution in [2.75, 3.05) is 5.75 Å². The third-order valence-electron chi connectivity index (χ3n) is 2.63. The predicted octanol–water partition coefficient (Wildman–Crippen LogP) is 1.72. The highest BCUT2D eigenvalue weighted by Gasteiger charge is 2.52. The molecule has 0 aromatic rings. The lowest BCUT2D eigenvalue weighted by molar-refractivity contribution is -0.108. The first kappa shape index (κ1) is 6.71. The minimum atomic E-state index is 0.790. The van der Waals surface area contributed by atoms with Gasteiger partial charge in [0.25, 0.3) is 0 Å². The first-order chi connectivity index (χ1) is 4.93. The van der Waals surface area contributed by atoms with Crippen LogP contribution < -0.4 is 0 Å². The van der Waals surface area contributed by atoms with Crippen LogP contribution in [0.25, 0.3) is 0 Å². The molecular weight excluding hydrogens is 144 g/mol. The summed E-state index contributed by atoms with van der Waals surface area (Å²) in [7, 11) is 0. The van der Waals surface area contributed by atoms with Crippen molar-refractivity contribution in [3.63, 3.8) is 0 Å². The molecule has 1 aliphatic heterocycles. The normalized spacial score (nSPS) is 43.0. The van der Waals surface area contributed by atoms with Crippen LogP contribution in [-0.2, 0) is 4.79 Å². The van der Waals surface area contributed by atoms with E-state index in [-0.39, 0.29) is 0 Å². The molecule has 0 radical (unpaired) electrons. The van der Waals surface area contributed by atoms with E-state index in [0.29, 0.717) is 0 Å². The fourth-order valence-corrected chi connectivity index (χ4v) is 3.77. The molecule has 2 aliphatic rings.